The van der Waals surface area contributed by atoms with E-state index >= 15 is 0 Å². The number of hydrogen-bond donors (Lipinski definition) is 2. The van der Waals surface area contributed by atoms with Crippen LogP contribution < -0.4 is 0 Å². The third-order valence-electron chi connectivity index (χ3n) is 6.87. The van der Waals surface area contributed by atoms with Gasteiger partial charge in [-0.05, 0) is 17.5 Å². The maximum absolute atomic E-state index is 10.6. The van der Waals surface area contributed by atoms with Gasteiger partial charge in [0, 0.05) is 0 Å². The van der Waals surface area contributed by atoms with Crippen molar-refractivity contribution in [3.8, 4) is 0 Å². The molecular formula is C32H50O4. The number of rotatable bonds is 22. The summed E-state index contributed by atoms with van der Waals surface area (Å²) in [4.78, 5) is 0. The van der Waals surface area contributed by atoms with Gasteiger partial charge in [-0.2, -0.15) is 0 Å². The average Bonchev–Trinajstić information content (AvgIpc) is 2.92. The highest BCUT2D eigenvalue weighted by Gasteiger charge is 2.29. The summed E-state index contributed by atoms with van der Waals surface area (Å²) in [5.74, 6) is 0. The van der Waals surface area contributed by atoms with E-state index < -0.39 is 12.2 Å². The lowest BCUT2D eigenvalue weighted by atomic mass is 10.00. The SMILES string of the molecule is CCCCCCCCCCCCCC[C@@H](OCc1ccccc1)[C@@H](OCc1ccccc1)[C@H](O)CO. The molecule has 36 heavy (non-hydrogen) atoms. The minimum Gasteiger partial charge on any atom is -0.394 e. The van der Waals surface area contributed by atoms with Crippen molar-refractivity contribution in [1.82, 2.24) is 0 Å². The zero-order valence-electron chi connectivity index (χ0n) is 22.5. The summed E-state index contributed by atoms with van der Waals surface area (Å²) < 4.78 is 12.5. The number of aliphatic hydroxyl groups excluding tert-OH is 2. The molecule has 2 aromatic rings. The summed E-state index contributed by atoms with van der Waals surface area (Å²) in [6.07, 6.45) is 14.6. The van der Waals surface area contributed by atoms with E-state index in [2.05, 4.69) is 6.92 Å². The Morgan fingerprint density at radius 1 is 0.611 bits per heavy atom. The van der Waals surface area contributed by atoms with Crippen LogP contribution in [0.5, 0.6) is 0 Å². The van der Waals surface area contributed by atoms with Crippen molar-refractivity contribution in [1.29, 1.82) is 0 Å². The summed E-state index contributed by atoms with van der Waals surface area (Å²) >= 11 is 0. The molecule has 3 atom stereocenters. The second-order valence-electron chi connectivity index (χ2n) is 10.0. The Balaban J connectivity index is 1.79. The molecule has 0 radical (unpaired) electrons. The molecule has 202 valence electrons. The minimum absolute atomic E-state index is 0.279. The van der Waals surface area contributed by atoms with Crippen LogP contribution in [0, 0.1) is 0 Å². The maximum atomic E-state index is 10.6. The van der Waals surface area contributed by atoms with Crippen LogP contribution in [-0.2, 0) is 22.7 Å². The largest absolute Gasteiger partial charge is 0.394 e. The van der Waals surface area contributed by atoms with Crippen molar-refractivity contribution in [3.63, 3.8) is 0 Å². The molecule has 2 rings (SSSR count). The zero-order valence-corrected chi connectivity index (χ0v) is 22.5. The maximum Gasteiger partial charge on any atom is 0.112 e. The molecule has 0 unspecified atom stereocenters. The fourth-order valence-electron chi connectivity index (χ4n) is 4.64. The predicted molar refractivity (Wildman–Crippen MR) is 149 cm³/mol. The first-order chi connectivity index (χ1) is 17.7. The molecule has 0 aromatic heterocycles. The van der Waals surface area contributed by atoms with Gasteiger partial charge in [0.1, 0.15) is 12.2 Å². The van der Waals surface area contributed by atoms with Gasteiger partial charge in [0.25, 0.3) is 0 Å². The molecule has 0 spiro atoms. The Morgan fingerprint density at radius 3 is 1.53 bits per heavy atom. The molecule has 0 aliphatic carbocycles. The first-order valence-electron chi connectivity index (χ1n) is 14.3. The first-order valence-corrected chi connectivity index (χ1v) is 14.3. The monoisotopic (exact) mass is 498 g/mol. The van der Waals surface area contributed by atoms with Crippen molar-refractivity contribution < 1.29 is 19.7 Å². The van der Waals surface area contributed by atoms with E-state index in [9.17, 15) is 10.2 Å². The predicted octanol–water partition coefficient (Wildman–Crippen LogP) is 7.60. The minimum atomic E-state index is -0.980. The molecule has 0 saturated heterocycles. The Kier molecular flexibility index (Phi) is 17.2. The quantitative estimate of drug-likeness (QED) is 0.164. The summed E-state index contributed by atoms with van der Waals surface area (Å²) in [6.45, 7) is 2.77. The van der Waals surface area contributed by atoms with Crippen molar-refractivity contribution in [3.05, 3.63) is 71.8 Å². The van der Waals surface area contributed by atoms with Gasteiger partial charge in [-0.25, -0.2) is 0 Å². The Bertz CT molecular complexity index is 736. The Hall–Kier alpha value is -1.72. The van der Waals surface area contributed by atoms with Crippen LogP contribution in [0.15, 0.2) is 60.7 Å². The fraction of sp³-hybridized carbons (Fsp3) is 0.625. The number of benzene rings is 2. The standard InChI is InChI=1S/C32H50O4/c1-2-3-4-5-6-7-8-9-10-11-12-19-24-31(35-26-28-20-15-13-16-21-28)32(30(34)25-33)36-27-29-22-17-14-18-23-29/h13-18,20-23,30-34H,2-12,19,24-27H2,1H3/t30-,31-,32+/m1/s1. The molecule has 4 heteroatoms. The van der Waals surface area contributed by atoms with Crippen LogP contribution in [0.25, 0.3) is 0 Å². The van der Waals surface area contributed by atoms with E-state index in [1.807, 2.05) is 60.7 Å². The van der Waals surface area contributed by atoms with Gasteiger partial charge < -0.3 is 19.7 Å². The Labute approximate surface area is 220 Å². The molecular weight excluding hydrogens is 448 g/mol. The molecule has 0 bridgehead atoms. The van der Waals surface area contributed by atoms with E-state index in [1.165, 1.54) is 64.2 Å². The molecule has 0 amide bonds. The van der Waals surface area contributed by atoms with Crippen molar-refractivity contribution in [2.24, 2.45) is 0 Å². The number of unbranched alkanes of at least 4 members (excludes halogenated alkanes) is 11. The van der Waals surface area contributed by atoms with E-state index in [0.717, 1.165) is 30.4 Å². The normalized spacial score (nSPS) is 14.0. The molecule has 0 aliphatic heterocycles. The van der Waals surface area contributed by atoms with Gasteiger partial charge in [0.2, 0.25) is 0 Å². The smallest absolute Gasteiger partial charge is 0.112 e. The first kappa shape index (κ1) is 30.5. The van der Waals surface area contributed by atoms with Gasteiger partial charge in [-0.3, -0.25) is 0 Å². The van der Waals surface area contributed by atoms with Crippen LogP contribution >= 0.6 is 0 Å². The highest BCUT2D eigenvalue weighted by molar-refractivity contribution is 5.14. The lowest BCUT2D eigenvalue weighted by molar-refractivity contribution is -0.143. The van der Waals surface area contributed by atoms with Crippen molar-refractivity contribution in [2.45, 2.75) is 122 Å². The third kappa shape index (κ3) is 13.5. The molecule has 0 heterocycles. The van der Waals surface area contributed by atoms with Crippen molar-refractivity contribution >= 4 is 0 Å². The summed E-state index contributed by atoms with van der Waals surface area (Å²) in [5, 5.41) is 20.3. The fourth-order valence-corrected chi connectivity index (χ4v) is 4.64. The molecule has 0 aliphatic rings. The van der Waals surface area contributed by atoms with Gasteiger partial charge >= 0.3 is 0 Å². The van der Waals surface area contributed by atoms with E-state index in [4.69, 9.17) is 9.47 Å². The molecule has 0 fully saturated rings. The van der Waals surface area contributed by atoms with Gasteiger partial charge in [0.15, 0.2) is 0 Å². The van der Waals surface area contributed by atoms with Crippen LogP contribution in [0.1, 0.15) is 102 Å². The summed E-state index contributed by atoms with van der Waals surface area (Å²) in [6, 6.07) is 20.0. The lowest BCUT2D eigenvalue weighted by Crippen LogP contribution is -2.43. The molecule has 0 saturated carbocycles. The second kappa shape index (κ2) is 20.4. The number of aliphatic hydroxyl groups is 2. The highest BCUT2D eigenvalue weighted by atomic mass is 16.5. The van der Waals surface area contributed by atoms with Crippen molar-refractivity contribution in [2.75, 3.05) is 6.61 Å². The molecule has 2 aromatic carbocycles. The zero-order chi connectivity index (χ0) is 25.7. The van der Waals surface area contributed by atoms with Crippen LogP contribution in [0.3, 0.4) is 0 Å². The highest BCUT2D eigenvalue weighted by Crippen LogP contribution is 2.21. The number of ether oxygens (including phenoxy) is 2. The summed E-state index contributed by atoms with van der Waals surface area (Å²) in [5.41, 5.74) is 2.14. The van der Waals surface area contributed by atoms with E-state index in [0.29, 0.717) is 13.2 Å². The third-order valence-corrected chi connectivity index (χ3v) is 6.87. The lowest BCUT2D eigenvalue weighted by Gasteiger charge is -2.30. The van der Waals surface area contributed by atoms with Crippen LogP contribution in [-0.4, -0.2) is 35.1 Å². The van der Waals surface area contributed by atoms with E-state index in [1.54, 1.807) is 0 Å². The van der Waals surface area contributed by atoms with Crippen LogP contribution in [0.2, 0.25) is 0 Å². The Morgan fingerprint density at radius 2 is 1.06 bits per heavy atom. The van der Waals surface area contributed by atoms with Gasteiger partial charge in [-0.1, -0.05) is 145 Å². The van der Waals surface area contributed by atoms with Crippen LogP contribution in [0.4, 0.5) is 0 Å². The topological polar surface area (TPSA) is 58.9 Å². The van der Waals surface area contributed by atoms with Gasteiger partial charge in [0.05, 0.1) is 25.9 Å². The summed E-state index contributed by atoms with van der Waals surface area (Å²) in [7, 11) is 0. The molecule has 4 nitrogen and oxygen atoms in total. The number of hydrogen-bond acceptors (Lipinski definition) is 4. The second-order valence-corrected chi connectivity index (χ2v) is 10.0. The molecule has 2 N–H and O–H groups in total. The average molecular weight is 499 g/mol. The van der Waals surface area contributed by atoms with E-state index in [-0.39, 0.29) is 12.7 Å². The van der Waals surface area contributed by atoms with Gasteiger partial charge in [-0.15, -0.1) is 0 Å².